The van der Waals surface area contributed by atoms with Gasteiger partial charge in [0.05, 0.1) is 25.1 Å². The number of aliphatic hydroxyl groups is 2. The molecule has 5 heteroatoms. The van der Waals surface area contributed by atoms with Crippen molar-refractivity contribution in [2.75, 3.05) is 6.61 Å². The topological polar surface area (TPSA) is 70.0 Å². The van der Waals surface area contributed by atoms with Crippen molar-refractivity contribution in [3.8, 4) is 0 Å². The van der Waals surface area contributed by atoms with Crippen molar-refractivity contribution in [2.45, 2.75) is 37.3 Å². The molecular weight excluding hydrogens is 246 g/mol. The number of likely N-dealkylation sites (tertiary alicyclic amines) is 1. The first-order chi connectivity index (χ1) is 9.20. The van der Waals surface area contributed by atoms with Crippen molar-refractivity contribution >= 4 is 5.97 Å². The molecule has 5 nitrogen and oxygen atoms in total. The van der Waals surface area contributed by atoms with Gasteiger partial charge in [-0.3, -0.25) is 9.69 Å². The molecular formula is C14H17NO4. The van der Waals surface area contributed by atoms with Crippen LogP contribution >= 0.6 is 0 Å². The molecule has 2 fully saturated rings. The van der Waals surface area contributed by atoms with Crippen molar-refractivity contribution in [2.24, 2.45) is 0 Å². The van der Waals surface area contributed by atoms with Gasteiger partial charge in [0.2, 0.25) is 0 Å². The first-order valence-corrected chi connectivity index (χ1v) is 6.49. The highest BCUT2D eigenvalue weighted by Crippen LogP contribution is 2.35. The molecule has 0 bridgehead atoms. The fourth-order valence-electron chi connectivity index (χ4n) is 3.07. The minimum atomic E-state index is -0.815. The van der Waals surface area contributed by atoms with Crippen molar-refractivity contribution in [3.63, 3.8) is 0 Å². The Bertz CT molecular complexity index is 464. The monoisotopic (exact) mass is 263 g/mol. The van der Waals surface area contributed by atoms with Crippen LogP contribution in [0.5, 0.6) is 0 Å². The number of fused-ring (bicyclic) bond motifs is 1. The van der Waals surface area contributed by atoms with Crippen molar-refractivity contribution in [1.82, 2.24) is 4.90 Å². The fourth-order valence-corrected chi connectivity index (χ4v) is 3.07. The maximum absolute atomic E-state index is 11.4. The summed E-state index contributed by atoms with van der Waals surface area (Å²) >= 11 is 0. The summed E-state index contributed by atoms with van der Waals surface area (Å²) < 4.78 is 5.16. The smallest absolute Gasteiger partial charge is 0.307 e. The molecule has 4 unspecified atom stereocenters. The standard InChI is InChI=1S/C14H17NO4/c16-8-11-13(18)14-10(6-12(17)19-14)15(11)7-9-4-2-1-3-5-9/h1-5,10-11,13-14,16,18H,6-8H2. The van der Waals surface area contributed by atoms with Crippen molar-refractivity contribution < 1.29 is 19.7 Å². The summed E-state index contributed by atoms with van der Waals surface area (Å²) in [5.74, 6) is -0.275. The highest BCUT2D eigenvalue weighted by atomic mass is 16.6. The molecule has 1 aromatic carbocycles. The minimum absolute atomic E-state index is 0.139. The van der Waals surface area contributed by atoms with E-state index in [4.69, 9.17) is 4.74 Å². The van der Waals surface area contributed by atoms with Gasteiger partial charge in [-0.2, -0.15) is 0 Å². The molecule has 2 N–H and O–H groups in total. The van der Waals surface area contributed by atoms with Gasteiger partial charge in [-0.05, 0) is 5.56 Å². The molecule has 2 aliphatic heterocycles. The molecule has 2 heterocycles. The Morgan fingerprint density at radius 1 is 1.32 bits per heavy atom. The molecule has 3 rings (SSSR count). The van der Waals surface area contributed by atoms with Crippen LogP contribution in [0.1, 0.15) is 12.0 Å². The molecule has 0 aromatic heterocycles. The molecule has 2 aliphatic rings. The summed E-state index contributed by atoms with van der Waals surface area (Å²) in [5, 5.41) is 19.6. The number of esters is 1. The van der Waals surface area contributed by atoms with E-state index in [9.17, 15) is 15.0 Å². The lowest BCUT2D eigenvalue weighted by Gasteiger charge is -2.27. The van der Waals surface area contributed by atoms with Crippen LogP contribution in [0.25, 0.3) is 0 Å². The number of hydrogen-bond donors (Lipinski definition) is 2. The number of aliphatic hydroxyl groups excluding tert-OH is 2. The summed E-state index contributed by atoms with van der Waals surface area (Å²) in [7, 11) is 0. The fraction of sp³-hybridized carbons (Fsp3) is 0.500. The van der Waals surface area contributed by atoms with Gasteiger partial charge < -0.3 is 14.9 Å². The van der Waals surface area contributed by atoms with E-state index in [0.717, 1.165) is 5.56 Å². The van der Waals surface area contributed by atoms with Gasteiger partial charge in [-0.15, -0.1) is 0 Å². The zero-order valence-corrected chi connectivity index (χ0v) is 10.5. The first-order valence-electron chi connectivity index (χ1n) is 6.49. The van der Waals surface area contributed by atoms with Gasteiger partial charge in [0.1, 0.15) is 12.2 Å². The van der Waals surface area contributed by atoms with Gasteiger partial charge in [-0.25, -0.2) is 0 Å². The lowest BCUT2D eigenvalue weighted by atomic mass is 10.1. The number of carbonyl (C=O) groups is 1. The molecule has 19 heavy (non-hydrogen) atoms. The lowest BCUT2D eigenvalue weighted by molar-refractivity contribution is -0.145. The third-order valence-electron chi connectivity index (χ3n) is 4.00. The van der Waals surface area contributed by atoms with E-state index in [-0.39, 0.29) is 31.1 Å². The van der Waals surface area contributed by atoms with Crippen LogP contribution in [0.15, 0.2) is 30.3 Å². The molecule has 1 aromatic rings. The van der Waals surface area contributed by atoms with Gasteiger partial charge in [0, 0.05) is 6.54 Å². The summed E-state index contributed by atoms with van der Waals surface area (Å²) in [6.07, 6.45) is -1.04. The summed E-state index contributed by atoms with van der Waals surface area (Å²) in [6.45, 7) is 0.458. The van der Waals surface area contributed by atoms with Crippen molar-refractivity contribution in [3.05, 3.63) is 35.9 Å². The number of carbonyl (C=O) groups excluding carboxylic acids is 1. The average Bonchev–Trinajstić information content (AvgIpc) is 2.90. The molecule has 4 atom stereocenters. The quantitative estimate of drug-likeness (QED) is 0.746. The zero-order chi connectivity index (χ0) is 13.4. The van der Waals surface area contributed by atoms with Crippen LogP contribution in [-0.4, -0.2) is 52.0 Å². The maximum Gasteiger partial charge on any atom is 0.307 e. The number of benzene rings is 1. The summed E-state index contributed by atoms with van der Waals surface area (Å²) in [6, 6.07) is 9.31. The third kappa shape index (κ3) is 2.14. The normalized spacial score (nSPS) is 34.3. The molecule has 0 saturated carbocycles. The summed E-state index contributed by atoms with van der Waals surface area (Å²) in [5.41, 5.74) is 1.09. The second kappa shape index (κ2) is 4.92. The number of hydrogen-bond acceptors (Lipinski definition) is 5. The number of ether oxygens (including phenoxy) is 1. The second-order valence-electron chi connectivity index (χ2n) is 5.12. The molecule has 0 spiro atoms. The Hall–Kier alpha value is -1.43. The van der Waals surface area contributed by atoms with E-state index in [0.29, 0.717) is 6.54 Å². The zero-order valence-electron chi connectivity index (χ0n) is 10.5. The van der Waals surface area contributed by atoms with Gasteiger partial charge in [-0.1, -0.05) is 30.3 Å². The minimum Gasteiger partial charge on any atom is -0.458 e. The Morgan fingerprint density at radius 3 is 2.74 bits per heavy atom. The summed E-state index contributed by atoms with van der Waals surface area (Å²) in [4.78, 5) is 13.4. The van der Waals surface area contributed by atoms with E-state index >= 15 is 0 Å². The van der Waals surface area contributed by atoms with E-state index < -0.39 is 12.2 Å². The molecule has 0 amide bonds. The Labute approximate surface area is 111 Å². The van der Waals surface area contributed by atoms with Crippen molar-refractivity contribution in [1.29, 1.82) is 0 Å². The largest absolute Gasteiger partial charge is 0.458 e. The van der Waals surface area contributed by atoms with E-state index in [1.165, 1.54) is 0 Å². The molecule has 0 radical (unpaired) electrons. The van der Waals surface area contributed by atoms with Crippen LogP contribution < -0.4 is 0 Å². The maximum atomic E-state index is 11.4. The molecule has 0 aliphatic carbocycles. The number of rotatable bonds is 3. The highest BCUT2D eigenvalue weighted by Gasteiger charge is 2.54. The predicted octanol–water partition coefficient (Wildman–Crippen LogP) is -0.0919. The Morgan fingerprint density at radius 2 is 2.05 bits per heavy atom. The number of nitrogens with zero attached hydrogens (tertiary/aromatic N) is 1. The average molecular weight is 263 g/mol. The van der Waals surface area contributed by atoms with Crippen LogP contribution in [-0.2, 0) is 16.1 Å². The third-order valence-corrected chi connectivity index (χ3v) is 4.00. The Kier molecular flexibility index (Phi) is 3.26. The first kappa shape index (κ1) is 12.6. The van der Waals surface area contributed by atoms with Crippen LogP contribution in [0.3, 0.4) is 0 Å². The van der Waals surface area contributed by atoms with E-state index in [2.05, 4.69) is 0 Å². The second-order valence-corrected chi connectivity index (χ2v) is 5.12. The SMILES string of the molecule is O=C1CC2C(O1)C(O)C(CO)N2Cc1ccccc1. The van der Waals surface area contributed by atoms with Gasteiger partial charge in [0.25, 0.3) is 0 Å². The van der Waals surface area contributed by atoms with E-state index in [1.54, 1.807) is 0 Å². The molecule has 2 saturated heterocycles. The van der Waals surface area contributed by atoms with E-state index in [1.807, 2.05) is 35.2 Å². The van der Waals surface area contributed by atoms with Gasteiger partial charge >= 0.3 is 5.97 Å². The van der Waals surface area contributed by atoms with Crippen LogP contribution in [0, 0.1) is 0 Å². The highest BCUT2D eigenvalue weighted by molar-refractivity contribution is 5.73. The Balaban J connectivity index is 1.83. The molecule has 102 valence electrons. The lowest BCUT2D eigenvalue weighted by Crippen LogP contribution is -2.41. The van der Waals surface area contributed by atoms with Crippen LogP contribution in [0.2, 0.25) is 0 Å². The van der Waals surface area contributed by atoms with Crippen LogP contribution in [0.4, 0.5) is 0 Å². The predicted molar refractivity (Wildman–Crippen MR) is 67.2 cm³/mol. The van der Waals surface area contributed by atoms with Gasteiger partial charge in [0.15, 0.2) is 0 Å².